The van der Waals surface area contributed by atoms with Crippen LogP contribution in [0.15, 0.2) is 18.3 Å². The summed E-state index contributed by atoms with van der Waals surface area (Å²) >= 11 is 0. The number of carbonyl (C=O) groups excluding carboxylic acids is 2. The monoisotopic (exact) mass is 459 g/mol. The van der Waals surface area contributed by atoms with E-state index in [-0.39, 0.29) is 12.5 Å². The van der Waals surface area contributed by atoms with E-state index < -0.39 is 40.9 Å². The molecule has 2 heterocycles. The number of hydrogen-bond donors (Lipinski definition) is 0. The van der Waals surface area contributed by atoms with Crippen molar-refractivity contribution in [3.8, 4) is 5.88 Å². The second kappa shape index (κ2) is 9.54. The van der Waals surface area contributed by atoms with Crippen LogP contribution in [0.25, 0.3) is 0 Å². The highest BCUT2D eigenvalue weighted by atomic mass is 19.4. The molecule has 1 fully saturated rings. The van der Waals surface area contributed by atoms with E-state index >= 15 is 0 Å². The van der Waals surface area contributed by atoms with Gasteiger partial charge >= 0.3 is 12.3 Å². The van der Waals surface area contributed by atoms with Crippen molar-refractivity contribution in [1.29, 1.82) is 0 Å². The molecule has 0 bridgehead atoms. The summed E-state index contributed by atoms with van der Waals surface area (Å²) in [5, 5.41) is 0. The van der Waals surface area contributed by atoms with Gasteiger partial charge in [0.15, 0.2) is 0 Å². The van der Waals surface area contributed by atoms with Gasteiger partial charge in [0, 0.05) is 19.8 Å². The highest BCUT2D eigenvalue weighted by molar-refractivity contribution is 5.82. The maximum Gasteiger partial charge on any atom is 0.421 e. The van der Waals surface area contributed by atoms with Crippen LogP contribution in [0.5, 0.6) is 5.88 Å². The highest BCUT2D eigenvalue weighted by Gasteiger charge is 2.41. The van der Waals surface area contributed by atoms with Gasteiger partial charge in [-0.05, 0) is 66.0 Å². The summed E-state index contributed by atoms with van der Waals surface area (Å²) in [6.45, 7) is 8.63. The number of likely N-dealkylation sites (tertiary alicyclic amines) is 1. The number of alkyl halides is 3. The fourth-order valence-electron chi connectivity index (χ4n) is 3.50. The van der Waals surface area contributed by atoms with Gasteiger partial charge in [-0.3, -0.25) is 9.69 Å². The van der Waals surface area contributed by atoms with Crippen molar-refractivity contribution in [2.75, 3.05) is 20.2 Å². The van der Waals surface area contributed by atoms with E-state index in [2.05, 4.69) is 4.98 Å². The van der Waals surface area contributed by atoms with Crippen molar-refractivity contribution < 1.29 is 32.2 Å². The molecule has 0 radical (unpaired) electrons. The van der Waals surface area contributed by atoms with Gasteiger partial charge in [-0.1, -0.05) is 0 Å². The zero-order valence-corrected chi connectivity index (χ0v) is 19.5. The molecule has 1 atom stereocenters. The van der Waals surface area contributed by atoms with Crippen LogP contribution in [0.3, 0.4) is 0 Å². The van der Waals surface area contributed by atoms with Gasteiger partial charge in [0.25, 0.3) is 0 Å². The highest BCUT2D eigenvalue weighted by Crippen LogP contribution is 2.35. The largest absolute Gasteiger partial charge is 0.476 e. The lowest BCUT2D eigenvalue weighted by Crippen LogP contribution is -2.57. The van der Waals surface area contributed by atoms with E-state index in [1.165, 1.54) is 22.1 Å². The van der Waals surface area contributed by atoms with Gasteiger partial charge in [0.2, 0.25) is 11.8 Å². The molecule has 1 aliphatic heterocycles. The first-order valence-corrected chi connectivity index (χ1v) is 10.6. The maximum atomic E-state index is 13.2. The first-order chi connectivity index (χ1) is 14.6. The van der Waals surface area contributed by atoms with Crippen LogP contribution < -0.4 is 4.74 Å². The molecule has 1 saturated heterocycles. The number of rotatable bonds is 5. The Kier molecular flexibility index (Phi) is 7.67. The van der Waals surface area contributed by atoms with E-state index in [1.54, 1.807) is 41.7 Å². The van der Waals surface area contributed by atoms with Crippen LogP contribution in [0.2, 0.25) is 0 Å². The minimum Gasteiger partial charge on any atom is -0.476 e. The minimum absolute atomic E-state index is 0.310. The molecule has 1 aromatic heterocycles. The molecule has 0 spiro atoms. The van der Waals surface area contributed by atoms with Crippen LogP contribution in [-0.4, -0.2) is 58.8 Å². The molecule has 32 heavy (non-hydrogen) atoms. The average molecular weight is 460 g/mol. The summed E-state index contributed by atoms with van der Waals surface area (Å²) in [6.07, 6.45) is -2.22. The Labute approximate surface area is 186 Å². The SMILES string of the molecule is CN(C(=O)C(C)(C)COc1ncccc1C(F)(F)F)C1CCCCN1C(=O)OC(C)(C)C. The molecule has 2 amide bonds. The Balaban J connectivity index is 2.13. The third kappa shape index (κ3) is 6.49. The van der Waals surface area contributed by atoms with E-state index in [4.69, 9.17) is 9.47 Å². The lowest BCUT2D eigenvalue weighted by molar-refractivity contribution is -0.147. The molecule has 0 saturated carbocycles. The van der Waals surface area contributed by atoms with E-state index in [0.29, 0.717) is 13.0 Å². The quantitative estimate of drug-likeness (QED) is 0.638. The summed E-state index contributed by atoms with van der Waals surface area (Å²) < 4.78 is 50.4. The molecule has 1 aromatic rings. The molecule has 180 valence electrons. The number of amides is 2. The molecule has 0 aromatic carbocycles. The molecule has 7 nitrogen and oxygen atoms in total. The second-order valence-electron chi connectivity index (χ2n) is 9.59. The van der Waals surface area contributed by atoms with Gasteiger partial charge in [-0.15, -0.1) is 0 Å². The molecular formula is C22H32F3N3O4. The number of pyridine rings is 1. The van der Waals surface area contributed by atoms with Gasteiger partial charge in [-0.25, -0.2) is 9.78 Å². The molecule has 1 unspecified atom stereocenters. The van der Waals surface area contributed by atoms with Gasteiger partial charge in [-0.2, -0.15) is 13.2 Å². The molecule has 2 rings (SSSR count). The molecule has 1 aliphatic rings. The van der Waals surface area contributed by atoms with E-state index in [1.807, 2.05) is 0 Å². The third-order valence-electron chi connectivity index (χ3n) is 5.09. The summed E-state index contributed by atoms with van der Waals surface area (Å²) in [7, 11) is 1.58. The van der Waals surface area contributed by atoms with Crippen molar-refractivity contribution in [3.63, 3.8) is 0 Å². The number of hydrogen-bond acceptors (Lipinski definition) is 5. The topological polar surface area (TPSA) is 72.0 Å². The number of aromatic nitrogens is 1. The predicted octanol–water partition coefficient (Wildman–Crippen LogP) is 4.71. The fourth-order valence-corrected chi connectivity index (χ4v) is 3.50. The molecule has 0 N–H and O–H groups in total. The average Bonchev–Trinajstić information content (AvgIpc) is 2.69. The van der Waals surface area contributed by atoms with E-state index in [9.17, 15) is 22.8 Å². The van der Waals surface area contributed by atoms with Gasteiger partial charge < -0.3 is 14.4 Å². The summed E-state index contributed by atoms with van der Waals surface area (Å²) in [5.74, 6) is -0.931. The van der Waals surface area contributed by atoms with Crippen LogP contribution >= 0.6 is 0 Å². The van der Waals surface area contributed by atoms with Crippen LogP contribution in [-0.2, 0) is 15.7 Å². The Morgan fingerprint density at radius 1 is 1.19 bits per heavy atom. The Hall–Kier alpha value is -2.52. The van der Waals surface area contributed by atoms with Crippen molar-refractivity contribution in [2.24, 2.45) is 5.41 Å². The van der Waals surface area contributed by atoms with Crippen molar-refractivity contribution >= 4 is 12.0 Å². The molecular weight excluding hydrogens is 427 g/mol. The number of piperidine rings is 1. The smallest absolute Gasteiger partial charge is 0.421 e. The normalized spacial score (nSPS) is 17.7. The molecule has 0 aliphatic carbocycles. The van der Waals surface area contributed by atoms with Crippen molar-refractivity contribution in [3.05, 3.63) is 23.9 Å². The summed E-state index contributed by atoms with van der Waals surface area (Å²) in [6, 6.07) is 2.05. The minimum atomic E-state index is -4.62. The number of nitrogens with zero attached hydrogens (tertiary/aromatic N) is 3. The van der Waals surface area contributed by atoms with Gasteiger partial charge in [0.05, 0.1) is 5.41 Å². The lowest BCUT2D eigenvalue weighted by Gasteiger charge is -2.43. The molecule has 10 heteroatoms. The summed E-state index contributed by atoms with van der Waals surface area (Å²) in [5.41, 5.74) is -2.83. The zero-order valence-electron chi connectivity index (χ0n) is 19.5. The number of halogens is 3. The Bertz CT molecular complexity index is 821. The van der Waals surface area contributed by atoms with Crippen LogP contribution in [0, 0.1) is 5.41 Å². The van der Waals surface area contributed by atoms with E-state index in [0.717, 1.165) is 18.9 Å². The number of ether oxygens (including phenoxy) is 2. The standard InChI is InChI=1S/C22H32F3N3O4/c1-20(2,3)32-19(30)28-13-8-7-11-16(28)27(6)18(29)21(4,5)14-31-17-15(22(23,24)25)10-9-12-26-17/h9-10,12,16H,7-8,11,13-14H2,1-6H3. The Morgan fingerprint density at radius 2 is 1.84 bits per heavy atom. The van der Waals surface area contributed by atoms with Crippen molar-refractivity contribution in [2.45, 2.75) is 71.8 Å². The lowest BCUT2D eigenvalue weighted by atomic mass is 9.92. The van der Waals surface area contributed by atoms with Crippen molar-refractivity contribution in [1.82, 2.24) is 14.8 Å². The van der Waals surface area contributed by atoms with Crippen LogP contribution in [0.4, 0.5) is 18.0 Å². The van der Waals surface area contributed by atoms with Crippen LogP contribution in [0.1, 0.15) is 59.4 Å². The second-order valence-corrected chi connectivity index (χ2v) is 9.59. The van der Waals surface area contributed by atoms with Gasteiger partial charge in [0.1, 0.15) is 23.9 Å². The first kappa shape index (κ1) is 25.7. The number of carbonyl (C=O) groups is 2. The fraction of sp³-hybridized carbons (Fsp3) is 0.682. The first-order valence-electron chi connectivity index (χ1n) is 10.6. The Morgan fingerprint density at radius 3 is 2.44 bits per heavy atom. The third-order valence-corrected chi connectivity index (χ3v) is 5.09. The summed E-state index contributed by atoms with van der Waals surface area (Å²) in [4.78, 5) is 32.6. The maximum absolute atomic E-state index is 13.2. The predicted molar refractivity (Wildman–Crippen MR) is 112 cm³/mol. The zero-order chi connectivity index (χ0) is 24.3.